The lowest BCUT2D eigenvalue weighted by Crippen LogP contribution is -2.43. The molecule has 0 bridgehead atoms. The average molecular weight is 435 g/mol. The van der Waals surface area contributed by atoms with E-state index in [0.717, 1.165) is 46.9 Å². The number of hydrogen-bond donors (Lipinski definition) is 1. The number of nitrogens with one attached hydrogen (secondary N) is 1. The summed E-state index contributed by atoms with van der Waals surface area (Å²) in [5, 5.41) is 12.1. The van der Waals surface area contributed by atoms with E-state index in [1.54, 1.807) is 23.7 Å². The molecule has 5 rings (SSSR count). The normalized spacial score (nSPS) is 16.2. The number of carbonyl (C=O) groups is 1. The van der Waals surface area contributed by atoms with Crippen LogP contribution in [0.5, 0.6) is 0 Å². The van der Waals surface area contributed by atoms with Crippen molar-refractivity contribution in [3.63, 3.8) is 0 Å². The molecule has 10 heteroatoms. The number of thiazole rings is 1. The van der Waals surface area contributed by atoms with Gasteiger partial charge in [-0.25, -0.2) is 4.98 Å². The van der Waals surface area contributed by atoms with Gasteiger partial charge in [-0.1, -0.05) is 48.6 Å². The Hall–Kier alpha value is -3.40. The van der Waals surface area contributed by atoms with Crippen molar-refractivity contribution >= 4 is 32.7 Å². The monoisotopic (exact) mass is 434 g/mol. The van der Waals surface area contributed by atoms with E-state index in [9.17, 15) is 4.79 Å². The summed E-state index contributed by atoms with van der Waals surface area (Å²) in [7, 11) is 0. The number of nitrogens with zero attached hydrogens (tertiary/aromatic N) is 7. The number of anilines is 1. The van der Waals surface area contributed by atoms with Crippen molar-refractivity contribution in [1.29, 1.82) is 0 Å². The molecule has 31 heavy (non-hydrogen) atoms. The molecule has 0 spiro atoms. The van der Waals surface area contributed by atoms with Crippen molar-refractivity contribution < 1.29 is 4.79 Å². The van der Waals surface area contributed by atoms with Crippen molar-refractivity contribution in [2.75, 3.05) is 11.4 Å². The van der Waals surface area contributed by atoms with Gasteiger partial charge in [0.15, 0.2) is 10.8 Å². The Morgan fingerprint density at radius 1 is 1.16 bits per heavy atom. The van der Waals surface area contributed by atoms with Crippen LogP contribution in [0.25, 0.3) is 16.3 Å². The number of aryl methyl sites for hydroxylation is 1. The molecule has 158 valence electrons. The van der Waals surface area contributed by atoms with Crippen LogP contribution in [0.4, 0.5) is 5.13 Å². The average Bonchev–Trinajstić information content (AvgIpc) is 3.57. The number of hydrogen-bond acceptors (Lipinski definition) is 8. The maximum Gasteiger partial charge on any atom is 0.271 e. The third-order valence-electron chi connectivity index (χ3n) is 5.34. The van der Waals surface area contributed by atoms with Crippen LogP contribution in [0, 0.1) is 0 Å². The zero-order valence-electron chi connectivity index (χ0n) is 17.1. The minimum atomic E-state index is -0.227. The van der Waals surface area contributed by atoms with E-state index in [-0.39, 0.29) is 11.9 Å². The largest absolute Gasteiger partial charge is 0.350 e. The molecule has 1 N–H and O–H groups in total. The molecule has 0 aliphatic carbocycles. The quantitative estimate of drug-likeness (QED) is 0.497. The highest BCUT2D eigenvalue weighted by molar-refractivity contribution is 7.22. The zero-order chi connectivity index (χ0) is 21.2. The van der Waals surface area contributed by atoms with Gasteiger partial charge in [-0.15, -0.1) is 4.80 Å². The lowest BCUT2D eigenvalue weighted by Gasteiger charge is -2.23. The molecule has 4 aromatic rings. The van der Waals surface area contributed by atoms with Gasteiger partial charge in [-0.3, -0.25) is 4.79 Å². The summed E-state index contributed by atoms with van der Waals surface area (Å²) in [5.74, 6) is 0.439. The molecule has 1 aliphatic heterocycles. The van der Waals surface area contributed by atoms with Gasteiger partial charge < -0.3 is 10.2 Å². The van der Waals surface area contributed by atoms with Crippen molar-refractivity contribution in [1.82, 2.24) is 35.3 Å². The van der Waals surface area contributed by atoms with Crippen LogP contribution in [0.2, 0.25) is 0 Å². The molecule has 1 aliphatic rings. The molecule has 1 saturated heterocycles. The first-order chi connectivity index (χ1) is 15.2. The number of amides is 1. The molecule has 0 saturated carbocycles. The molecule has 1 unspecified atom stereocenters. The zero-order valence-corrected chi connectivity index (χ0v) is 17.9. The lowest BCUT2D eigenvalue weighted by molar-refractivity contribution is -0.122. The lowest BCUT2D eigenvalue weighted by atomic mass is 10.2. The van der Waals surface area contributed by atoms with E-state index >= 15 is 0 Å². The fraction of sp³-hybridized carbons (Fsp3) is 0.333. The first kappa shape index (κ1) is 19.6. The number of benzene rings is 1. The number of rotatable bonds is 6. The van der Waals surface area contributed by atoms with Crippen molar-refractivity contribution in [3.05, 3.63) is 54.0 Å². The second-order valence-electron chi connectivity index (χ2n) is 7.35. The maximum atomic E-state index is 12.9. The van der Waals surface area contributed by atoms with E-state index in [0.29, 0.717) is 18.1 Å². The highest BCUT2D eigenvalue weighted by Gasteiger charge is 2.33. The summed E-state index contributed by atoms with van der Waals surface area (Å²) in [6, 6.07) is 9.72. The van der Waals surface area contributed by atoms with Crippen LogP contribution < -0.4 is 10.2 Å². The SMILES string of the molecule is CCc1nc(-n2nccn2)nc2nc(N3CCCC3C(=O)NCc3ccccc3)sc12. The predicted octanol–water partition coefficient (Wildman–Crippen LogP) is 2.51. The Bertz CT molecular complexity index is 1190. The smallest absolute Gasteiger partial charge is 0.271 e. The van der Waals surface area contributed by atoms with Crippen LogP contribution >= 0.6 is 11.3 Å². The fourth-order valence-electron chi connectivity index (χ4n) is 3.80. The topological polar surface area (TPSA) is 102 Å². The molecule has 1 amide bonds. The Balaban J connectivity index is 1.40. The molecule has 4 heterocycles. The highest BCUT2D eigenvalue weighted by Crippen LogP contribution is 2.34. The Kier molecular flexibility index (Phi) is 5.29. The summed E-state index contributed by atoms with van der Waals surface area (Å²) < 4.78 is 0.948. The molecular formula is C21H22N8OS. The van der Waals surface area contributed by atoms with Gasteiger partial charge >= 0.3 is 0 Å². The van der Waals surface area contributed by atoms with E-state index in [1.807, 2.05) is 30.3 Å². The predicted molar refractivity (Wildman–Crippen MR) is 118 cm³/mol. The summed E-state index contributed by atoms with van der Waals surface area (Å²) in [5.41, 5.74) is 2.61. The molecule has 9 nitrogen and oxygen atoms in total. The van der Waals surface area contributed by atoms with E-state index in [4.69, 9.17) is 4.98 Å². The number of fused-ring (bicyclic) bond motifs is 1. The van der Waals surface area contributed by atoms with Gasteiger partial charge in [0.25, 0.3) is 5.95 Å². The van der Waals surface area contributed by atoms with Gasteiger partial charge in [-0.05, 0) is 24.8 Å². The third-order valence-corrected chi connectivity index (χ3v) is 6.47. The highest BCUT2D eigenvalue weighted by atomic mass is 32.1. The van der Waals surface area contributed by atoms with Gasteiger partial charge in [0.1, 0.15) is 6.04 Å². The van der Waals surface area contributed by atoms with Crippen LogP contribution in [0.15, 0.2) is 42.7 Å². The summed E-state index contributed by atoms with van der Waals surface area (Å²) in [6.45, 7) is 3.37. The van der Waals surface area contributed by atoms with Gasteiger partial charge in [-0.2, -0.15) is 20.2 Å². The molecular weight excluding hydrogens is 412 g/mol. The first-order valence-electron chi connectivity index (χ1n) is 10.4. The first-order valence-corrected chi connectivity index (χ1v) is 11.2. The van der Waals surface area contributed by atoms with Crippen LogP contribution in [-0.4, -0.2) is 48.4 Å². The van der Waals surface area contributed by atoms with Crippen molar-refractivity contribution in [2.45, 2.75) is 38.8 Å². The molecule has 3 aromatic heterocycles. The maximum absolute atomic E-state index is 12.9. The second-order valence-corrected chi connectivity index (χ2v) is 8.32. The van der Waals surface area contributed by atoms with Crippen LogP contribution in [0.3, 0.4) is 0 Å². The minimum Gasteiger partial charge on any atom is -0.350 e. The molecule has 1 aromatic carbocycles. The van der Waals surface area contributed by atoms with Crippen LogP contribution in [0.1, 0.15) is 31.0 Å². The standard InChI is InChI=1S/C21H22N8OS/c1-2-15-17-18(26-20(25-15)29-23-10-11-24-29)27-21(31-17)28-12-6-9-16(28)19(30)22-13-14-7-4-3-5-8-14/h3-5,7-8,10-11,16H,2,6,9,12-13H2,1H3,(H,22,30). The summed E-state index contributed by atoms with van der Waals surface area (Å²) >= 11 is 1.55. The van der Waals surface area contributed by atoms with E-state index < -0.39 is 0 Å². The van der Waals surface area contributed by atoms with E-state index in [2.05, 4.69) is 37.3 Å². The Morgan fingerprint density at radius 2 is 1.97 bits per heavy atom. The molecule has 1 atom stereocenters. The second kappa shape index (κ2) is 8.38. The van der Waals surface area contributed by atoms with Crippen LogP contribution in [-0.2, 0) is 17.8 Å². The minimum absolute atomic E-state index is 0.0313. The number of carbonyl (C=O) groups excluding carboxylic acids is 1. The fourth-order valence-corrected chi connectivity index (χ4v) is 4.94. The summed E-state index contributed by atoms with van der Waals surface area (Å²) in [6.07, 6.45) is 5.69. The number of aromatic nitrogens is 6. The van der Waals surface area contributed by atoms with Gasteiger partial charge in [0.2, 0.25) is 5.91 Å². The van der Waals surface area contributed by atoms with Crippen molar-refractivity contribution in [2.24, 2.45) is 0 Å². The van der Waals surface area contributed by atoms with E-state index in [1.165, 1.54) is 4.80 Å². The Labute approximate surface area is 183 Å². The molecule has 1 fully saturated rings. The Morgan fingerprint density at radius 3 is 2.74 bits per heavy atom. The van der Waals surface area contributed by atoms with Gasteiger partial charge in [0.05, 0.1) is 22.8 Å². The third kappa shape index (κ3) is 3.86. The van der Waals surface area contributed by atoms with Crippen molar-refractivity contribution in [3.8, 4) is 5.95 Å². The summed E-state index contributed by atoms with van der Waals surface area (Å²) in [4.78, 5) is 30.4. The van der Waals surface area contributed by atoms with Gasteiger partial charge in [0, 0.05) is 13.1 Å². The molecule has 0 radical (unpaired) electrons.